The molecule has 0 amide bonds. The topological polar surface area (TPSA) is 55.2 Å². The fourth-order valence-electron chi connectivity index (χ4n) is 1.85. The zero-order valence-electron chi connectivity index (χ0n) is 10.6. The first-order valence-corrected chi connectivity index (χ1v) is 7.10. The lowest BCUT2D eigenvalue weighted by Crippen LogP contribution is -2.08. The number of hydrogen-bond acceptors (Lipinski definition) is 3. The maximum absolute atomic E-state index is 11.1. The fraction of sp³-hybridized carbons (Fsp3) is 0.143. The predicted molar refractivity (Wildman–Crippen MR) is 84.3 cm³/mol. The van der Waals surface area contributed by atoms with Crippen LogP contribution in [0.3, 0.4) is 0 Å². The lowest BCUT2D eigenvalue weighted by molar-refractivity contribution is -0.384. The summed E-state index contributed by atoms with van der Waals surface area (Å²) in [6.45, 7) is 1.94. The maximum Gasteiger partial charge on any atom is 0.293 e. The van der Waals surface area contributed by atoms with E-state index < -0.39 is 4.92 Å². The fourth-order valence-corrected chi connectivity index (χ4v) is 2.32. The number of nitro groups is 1. The van der Waals surface area contributed by atoms with Crippen LogP contribution in [0, 0.1) is 10.1 Å². The third-order valence-electron chi connectivity index (χ3n) is 2.90. The standard InChI is InChI=1S/C14H12BrClN2O2/c1-9(10-2-5-12(16)6-3-10)17-13-7-4-11(15)8-14(13)18(19)20/h2-9,17H,1H3. The molecule has 0 bridgehead atoms. The van der Waals surface area contributed by atoms with Gasteiger partial charge < -0.3 is 5.32 Å². The molecular formula is C14H12BrClN2O2. The molecular weight excluding hydrogens is 344 g/mol. The van der Waals surface area contributed by atoms with E-state index in [0.29, 0.717) is 15.2 Å². The van der Waals surface area contributed by atoms with Crippen LogP contribution >= 0.6 is 27.5 Å². The number of benzene rings is 2. The third-order valence-corrected chi connectivity index (χ3v) is 3.64. The van der Waals surface area contributed by atoms with Gasteiger partial charge in [0, 0.05) is 21.6 Å². The molecule has 0 fully saturated rings. The zero-order chi connectivity index (χ0) is 14.7. The zero-order valence-corrected chi connectivity index (χ0v) is 13.0. The van der Waals surface area contributed by atoms with Crippen LogP contribution in [0.5, 0.6) is 0 Å². The summed E-state index contributed by atoms with van der Waals surface area (Å²) in [5.41, 5.74) is 1.53. The van der Waals surface area contributed by atoms with Crippen molar-refractivity contribution in [3.05, 3.63) is 67.6 Å². The molecule has 2 rings (SSSR count). The van der Waals surface area contributed by atoms with E-state index in [0.717, 1.165) is 5.56 Å². The molecule has 2 aromatic carbocycles. The van der Waals surface area contributed by atoms with E-state index in [9.17, 15) is 10.1 Å². The Hall–Kier alpha value is -1.59. The van der Waals surface area contributed by atoms with Crippen LogP contribution in [0.25, 0.3) is 0 Å². The number of halogens is 2. The van der Waals surface area contributed by atoms with Crippen LogP contribution in [0.2, 0.25) is 5.02 Å². The van der Waals surface area contributed by atoms with Crippen molar-refractivity contribution < 1.29 is 4.92 Å². The van der Waals surface area contributed by atoms with Crippen molar-refractivity contribution in [3.8, 4) is 0 Å². The van der Waals surface area contributed by atoms with E-state index in [2.05, 4.69) is 21.2 Å². The summed E-state index contributed by atoms with van der Waals surface area (Å²) in [5.74, 6) is 0. The third kappa shape index (κ3) is 3.49. The van der Waals surface area contributed by atoms with Gasteiger partial charge in [0.05, 0.1) is 4.92 Å². The van der Waals surface area contributed by atoms with E-state index in [1.54, 1.807) is 24.3 Å². The Labute approximate surface area is 130 Å². The number of anilines is 1. The summed E-state index contributed by atoms with van der Waals surface area (Å²) in [5, 5.41) is 14.9. The molecule has 0 spiro atoms. The lowest BCUT2D eigenvalue weighted by atomic mass is 10.1. The average Bonchev–Trinajstić information content (AvgIpc) is 2.41. The highest BCUT2D eigenvalue weighted by atomic mass is 79.9. The van der Waals surface area contributed by atoms with Crippen molar-refractivity contribution in [2.24, 2.45) is 0 Å². The quantitative estimate of drug-likeness (QED) is 0.607. The molecule has 6 heteroatoms. The highest BCUT2D eigenvalue weighted by Crippen LogP contribution is 2.31. The van der Waals surface area contributed by atoms with Gasteiger partial charge >= 0.3 is 0 Å². The number of hydrogen-bond donors (Lipinski definition) is 1. The van der Waals surface area contributed by atoms with Crippen LogP contribution in [-0.2, 0) is 0 Å². The normalized spacial score (nSPS) is 11.9. The average molecular weight is 356 g/mol. The first kappa shape index (κ1) is 14.8. The molecule has 0 heterocycles. The molecule has 0 aliphatic heterocycles. The van der Waals surface area contributed by atoms with E-state index in [-0.39, 0.29) is 11.7 Å². The van der Waals surface area contributed by atoms with Gasteiger partial charge in [-0.3, -0.25) is 10.1 Å². The second-order valence-electron chi connectivity index (χ2n) is 4.34. The number of nitro benzene ring substituents is 1. The molecule has 20 heavy (non-hydrogen) atoms. The van der Waals surface area contributed by atoms with E-state index in [1.165, 1.54) is 6.07 Å². The van der Waals surface area contributed by atoms with Gasteiger partial charge in [-0.2, -0.15) is 0 Å². The van der Waals surface area contributed by atoms with Gasteiger partial charge in [-0.15, -0.1) is 0 Å². The SMILES string of the molecule is CC(Nc1ccc(Br)cc1[N+](=O)[O-])c1ccc(Cl)cc1. The van der Waals surface area contributed by atoms with Gasteiger partial charge in [0.25, 0.3) is 5.69 Å². The van der Waals surface area contributed by atoms with Crippen molar-refractivity contribution in [1.29, 1.82) is 0 Å². The molecule has 4 nitrogen and oxygen atoms in total. The summed E-state index contributed by atoms with van der Waals surface area (Å²) in [6.07, 6.45) is 0. The summed E-state index contributed by atoms with van der Waals surface area (Å²) >= 11 is 9.08. The minimum Gasteiger partial charge on any atom is -0.373 e. The van der Waals surface area contributed by atoms with Gasteiger partial charge in [-0.1, -0.05) is 39.7 Å². The van der Waals surface area contributed by atoms with Crippen molar-refractivity contribution in [2.45, 2.75) is 13.0 Å². The number of rotatable bonds is 4. The highest BCUT2D eigenvalue weighted by molar-refractivity contribution is 9.10. The Morgan fingerprint density at radius 3 is 2.50 bits per heavy atom. The number of nitrogens with one attached hydrogen (secondary N) is 1. The monoisotopic (exact) mass is 354 g/mol. The predicted octanol–water partition coefficient (Wildman–Crippen LogP) is 5.18. The smallest absolute Gasteiger partial charge is 0.293 e. The summed E-state index contributed by atoms with van der Waals surface area (Å²) < 4.78 is 0.675. The Kier molecular flexibility index (Phi) is 4.62. The minimum atomic E-state index is -0.401. The molecule has 1 N–H and O–H groups in total. The Bertz CT molecular complexity index is 632. The summed E-state index contributed by atoms with van der Waals surface area (Å²) in [6, 6.07) is 12.3. The van der Waals surface area contributed by atoms with Gasteiger partial charge in [-0.05, 0) is 36.8 Å². The van der Waals surface area contributed by atoms with Crippen molar-refractivity contribution in [3.63, 3.8) is 0 Å². The van der Waals surface area contributed by atoms with Gasteiger partial charge in [-0.25, -0.2) is 0 Å². The molecule has 1 unspecified atom stereocenters. The largest absolute Gasteiger partial charge is 0.373 e. The molecule has 0 aliphatic carbocycles. The van der Waals surface area contributed by atoms with Crippen LogP contribution < -0.4 is 5.32 Å². The van der Waals surface area contributed by atoms with Crippen LogP contribution in [0.15, 0.2) is 46.9 Å². The molecule has 0 radical (unpaired) electrons. The van der Waals surface area contributed by atoms with Crippen molar-refractivity contribution in [2.75, 3.05) is 5.32 Å². The lowest BCUT2D eigenvalue weighted by Gasteiger charge is -2.16. The second-order valence-corrected chi connectivity index (χ2v) is 5.69. The first-order valence-electron chi connectivity index (χ1n) is 5.93. The highest BCUT2D eigenvalue weighted by Gasteiger charge is 2.16. The molecule has 0 saturated carbocycles. The van der Waals surface area contributed by atoms with Crippen LogP contribution in [-0.4, -0.2) is 4.92 Å². The Morgan fingerprint density at radius 1 is 1.25 bits per heavy atom. The van der Waals surface area contributed by atoms with E-state index in [1.807, 2.05) is 19.1 Å². The molecule has 0 aliphatic rings. The van der Waals surface area contributed by atoms with E-state index >= 15 is 0 Å². The van der Waals surface area contributed by atoms with Crippen molar-refractivity contribution >= 4 is 38.9 Å². The minimum absolute atomic E-state index is 0.0418. The molecule has 2 aromatic rings. The molecule has 0 aromatic heterocycles. The Balaban J connectivity index is 2.25. The molecule has 0 saturated heterocycles. The summed E-state index contributed by atoms with van der Waals surface area (Å²) in [7, 11) is 0. The first-order chi connectivity index (χ1) is 9.47. The van der Waals surface area contributed by atoms with Crippen LogP contribution in [0.4, 0.5) is 11.4 Å². The van der Waals surface area contributed by atoms with Gasteiger partial charge in [0.2, 0.25) is 0 Å². The van der Waals surface area contributed by atoms with Gasteiger partial charge in [0.15, 0.2) is 0 Å². The maximum atomic E-state index is 11.1. The Morgan fingerprint density at radius 2 is 1.90 bits per heavy atom. The molecule has 1 atom stereocenters. The molecule has 104 valence electrons. The van der Waals surface area contributed by atoms with Crippen LogP contribution in [0.1, 0.15) is 18.5 Å². The summed E-state index contributed by atoms with van der Waals surface area (Å²) in [4.78, 5) is 10.7. The van der Waals surface area contributed by atoms with E-state index in [4.69, 9.17) is 11.6 Å². The van der Waals surface area contributed by atoms with Gasteiger partial charge in [0.1, 0.15) is 5.69 Å². The van der Waals surface area contributed by atoms with Crippen molar-refractivity contribution in [1.82, 2.24) is 0 Å². The second kappa shape index (κ2) is 6.24. The number of nitrogens with zero attached hydrogens (tertiary/aromatic N) is 1.